The van der Waals surface area contributed by atoms with Crippen LogP contribution < -0.4 is 0 Å². The number of hydrogen-bond donors (Lipinski definition) is 0. The quantitative estimate of drug-likeness (QED) is 0.322. The minimum Gasteiger partial charge on any atom is -0.377 e. The molecule has 0 unspecified atom stereocenters. The maximum Gasteiger partial charge on any atom is 0.501 e. The molecule has 0 bridgehead atoms. The summed E-state index contributed by atoms with van der Waals surface area (Å²) in [6, 6.07) is 11.2. The number of benzene rings is 1. The van der Waals surface area contributed by atoms with Crippen molar-refractivity contribution in [3.63, 3.8) is 0 Å². The lowest BCUT2D eigenvalue weighted by atomic mass is 9.86. The van der Waals surface area contributed by atoms with Gasteiger partial charge in [-0.15, -0.1) is 0 Å². The SMILES string of the molecule is CO[Si](CC(C[Si](OC)(OC)OC)(C[Si](OC)(OC)OC)c1ccccc1)(OC)OC. The summed E-state index contributed by atoms with van der Waals surface area (Å²) < 4.78 is 52.4. The molecule has 0 atom stereocenters. The Morgan fingerprint density at radius 3 is 0.968 bits per heavy atom. The highest BCUT2D eigenvalue weighted by molar-refractivity contribution is 6.65. The molecule has 9 nitrogen and oxygen atoms in total. The molecule has 12 heteroatoms. The first-order valence-corrected chi connectivity index (χ1v) is 15.6. The van der Waals surface area contributed by atoms with Gasteiger partial charge < -0.3 is 39.8 Å². The molecule has 0 saturated carbocycles. The van der Waals surface area contributed by atoms with Crippen LogP contribution in [0.25, 0.3) is 0 Å². The van der Waals surface area contributed by atoms with Crippen LogP contribution in [0.5, 0.6) is 0 Å². The average molecular weight is 495 g/mol. The zero-order valence-corrected chi connectivity index (χ0v) is 23.2. The topological polar surface area (TPSA) is 83.1 Å². The van der Waals surface area contributed by atoms with Crippen LogP contribution in [0.2, 0.25) is 18.1 Å². The van der Waals surface area contributed by atoms with E-state index in [9.17, 15) is 0 Å². The molecule has 1 aromatic carbocycles. The van der Waals surface area contributed by atoms with E-state index in [4.69, 9.17) is 39.8 Å². The normalized spacial score (nSPS) is 13.6. The molecule has 1 aromatic rings. The van der Waals surface area contributed by atoms with Crippen molar-refractivity contribution in [1.82, 2.24) is 0 Å². The number of hydrogen-bond acceptors (Lipinski definition) is 9. The lowest BCUT2D eigenvalue weighted by molar-refractivity contribution is 0.0919. The second-order valence-electron chi connectivity index (χ2n) is 7.06. The van der Waals surface area contributed by atoms with Gasteiger partial charge in [0.2, 0.25) is 0 Å². The fourth-order valence-electron chi connectivity index (χ4n) is 3.93. The molecule has 0 aromatic heterocycles. The summed E-state index contributed by atoms with van der Waals surface area (Å²) in [6.45, 7) is 0. The third-order valence-electron chi connectivity index (χ3n) is 5.85. The molecule has 0 N–H and O–H groups in total. The predicted molar refractivity (Wildman–Crippen MR) is 123 cm³/mol. The van der Waals surface area contributed by atoms with Crippen molar-refractivity contribution in [2.24, 2.45) is 0 Å². The molecule has 0 amide bonds. The summed E-state index contributed by atoms with van der Waals surface area (Å²) in [4.78, 5) is 0. The van der Waals surface area contributed by atoms with Crippen LogP contribution in [0.3, 0.4) is 0 Å². The van der Waals surface area contributed by atoms with Gasteiger partial charge in [-0.3, -0.25) is 0 Å². The Kier molecular flexibility index (Phi) is 11.7. The van der Waals surface area contributed by atoms with E-state index in [0.29, 0.717) is 18.1 Å². The third-order valence-corrected chi connectivity index (χ3v) is 14.8. The zero-order chi connectivity index (χ0) is 23.6. The summed E-state index contributed by atoms with van der Waals surface area (Å²) >= 11 is 0. The smallest absolute Gasteiger partial charge is 0.377 e. The maximum absolute atomic E-state index is 5.82. The summed E-state index contributed by atoms with van der Waals surface area (Å²) in [5.41, 5.74) is 0.321. The molecule has 0 saturated heterocycles. The fraction of sp³-hybridized carbons (Fsp3) is 0.684. The van der Waals surface area contributed by atoms with E-state index in [0.717, 1.165) is 5.56 Å². The molecule has 180 valence electrons. The summed E-state index contributed by atoms with van der Waals surface area (Å²) in [7, 11) is 5.04. The Bertz CT molecular complexity index is 543. The van der Waals surface area contributed by atoms with Gasteiger partial charge in [-0.1, -0.05) is 30.3 Å². The lowest BCUT2D eigenvalue weighted by Gasteiger charge is -2.44. The standard InChI is InChI=1S/C19H38O9Si3/c1-20-29(21-2,22-3)15-19(18-13-11-10-12-14-18,16-30(23-4,24-5)25-6)17-31(26-7,27-8)28-9/h10-14H,15-17H2,1-9H3. The van der Waals surface area contributed by atoms with Crippen molar-refractivity contribution in [3.05, 3.63) is 35.9 Å². The number of rotatable bonds is 16. The first-order valence-electron chi connectivity index (χ1n) is 9.79. The Hall–Kier alpha value is -0.489. The highest BCUT2D eigenvalue weighted by atomic mass is 28.4. The molecular formula is C19H38O9Si3. The minimum absolute atomic E-state index is 0.406. The molecule has 0 aliphatic rings. The lowest BCUT2D eigenvalue weighted by Crippen LogP contribution is -2.58. The Balaban J connectivity index is 3.82. The van der Waals surface area contributed by atoms with Gasteiger partial charge in [-0.05, 0) is 5.56 Å². The largest absolute Gasteiger partial charge is 0.501 e. The van der Waals surface area contributed by atoms with Gasteiger partial charge in [0.1, 0.15) is 0 Å². The van der Waals surface area contributed by atoms with Gasteiger partial charge >= 0.3 is 26.4 Å². The molecule has 0 radical (unpaired) electrons. The van der Waals surface area contributed by atoms with Crippen LogP contribution in [0.4, 0.5) is 0 Å². The molecule has 0 heterocycles. The van der Waals surface area contributed by atoms with E-state index in [2.05, 4.69) is 0 Å². The van der Waals surface area contributed by atoms with Gasteiger partial charge in [0, 0.05) is 87.5 Å². The fourth-order valence-corrected chi connectivity index (χ4v) is 11.3. The van der Waals surface area contributed by atoms with Crippen molar-refractivity contribution >= 4 is 26.4 Å². The molecule has 0 spiro atoms. The van der Waals surface area contributed by atoms with E-state index in [1.54, 1.807) is 64.0 Å². The maximum atomic E-state index is 5.82. The first kappa shape index (κ1) is 28.5. The molecule has 0 aliphatic heterocycles. The van der Waals surface area contributed by atoms with Gasteiger partial charge in [-0.2, -0.15) is 0 Å². The van der Waals surface area contributed by atoms with E-state index < -0.39 is 31.8 Å². The summed E-state index contributed by atoms with van der Waals surface area (Å²) in [5.74, 6) is 0. The van der Waals surface area contributed by atoms with Gasteiger partial charge in [0.15, 0.2) is 0 Å². The van der Waals surface area contributed by atoms with Crippen molar-refractivity contribution in [1.29, 1.82) is 0 Å². The zero-order valence-electron chi connectivity index (χ0n) is 20.2. The van der Waals surface area contributed by atoms with Crippen molar-refractivity contribution in [2.45, 2.75) is 23.5 Å². The molecule has 31 heavy (non-hydrogen) atoms. The Labute approximate surface area is 189 Å². The molecule has 1 rings (SSSR count). The molecule has 0 fully saturated rings. The monoisotopic (exact) mass is 494 g/mol. The summed E-state index contributed by atoms with van der Waals surface area (Å²) in [6.07, 6.45) is 0. The van der Waals surface area contributed by atoms with Gasteiger partial charge in [-0.25, -0.2) is 0 Å². The first-order chi connectivity index (χ1) is 14.8. The van der Waals surface area contributed by atoms with Crippen LogP contribution in [-0.4, -0.2) is 90.4 Å². The predicted octanol–water partition coefficient (Wildman–Crippen LogP) is 2.56. The highest BCUT2D eigenvalue weighted by Gasteiger charge is 2.59. The molecular weight excluding hydrogens is 456 g/mol. The van der Waals surface area contributed by atoms with E-state index in [1.165, 1.54) is 0 Å². The van der Waals surface area contributed by atoms with Crippen LogP contribution in [-0.2, 0) is 45.2 Å². The van der Waals surface area contributed by atoms with Gasteiger partial charge in [0.25, 0.3) is 0 Å². The average Bonchev–Trinajstić information content (AvgIpc) is 2.85. The van der Waals surface area contributed by atoms with Crippen molar-refractivity contribution < 1.29 is 39.8 Å². The Morgan fingerprint density at radius 2 is 0.742 bits per heavy atom. The van der Waals surface area contributed by atoms with Crippen LogP contribution in [0, 0.1) is 0 Å². The molecule has 0 aliphatic carbocycles. The Morgan fingerprint density at radius 1 is 0.484 bits per heavy atom. The van der Waals surface area contributed by atoms with Gasteiger partial charge in [0.05, 0.1) is 0 Å². The minimum atomic E-state index is -3.10. The second-order valence-corrected chi connectivity index (χ2v) is 15.9. The van der Waals surface area contributed by atoms with Crippen LogP contribution >= 0.6 is 0 Å². The van der Waals surface area contributed by atoms with E-state index >= 15 is 0 Å². The third kappa shape index (κ3) is 6.52. The second kappa shape index (κ2) is 12.7. The summed E-state index contributed by atoms with van der Waals surface area (Å²) in [5, 5.41) is 0. The van der Waals surface area contributed by atoms with E-state index in [1.807, 2.05) is 30.3 Å². The van der Waals surface area contributed by atoms with Crippen molar-refractivity contribution in [3.8, 4) is 0 Å². The highest BCUT2D eigenvalue weighted by Crippen LogP contribution is 2.47. The van der Waals surface area contributed by atoms with Crippen molar-refractivity contribution in [2.75, 3.05) is 64.0 Å². The van der Waals surface area contributed by atoms with Crippen LogP contribution in [0.15, 0.2) is 30.3 Å². The van der Waals surface area contributed by atoms with E-state index in [-0.39, 0.29) is 0 Å². The van der Waals surface area contributed by atoms with Crippen LogP contribution in [0.1, 0.15) is 5.56 Å².